The van der Waals surface area contributed by atoms with Crippen LogP contribution in [-0.2, 0) is 9.59 Å². The van der Waals surface area contributed by atoms with Crippen LogP contribution in [0.25, 0.3) is 0 Å². The van der Waals surface area contributed by atoms with Gasteiger partial charge >= 0.3 is 11.9 Å². The summed E-state index contributed by atoms with van der Waals surface area (Å²) in [6.45, 7) is 10.3. The number of benzene rings is 1. The van der Waals surface area contributed by atoms with Gasteiger partial charge in [-0.3, -0.25) is 9.59 Å². The molecule has 4 heteroatoms. The van der Waals surface area contributed by atoms with Crippen molar-refractivity contribution in [2.45, 2.75) is 142 Å². The maximum Gasteiger partial charge on any atom is 0.311 e. The average Bonchev–Trinajstić information content (AvgIpc) is 2.83. The lowest BCUT2D eigenvalue weighted by Gasteiger charge is -2.11. The Kier molecular flexibility index (Phi) is 19.1. The molecule has 0 saturated carbocycles. The summed E-state index contributed by atoms with van der Waals surface area (Å²) in [4.78, 5) is 24.6. The topological polar surface area (TPSA) is 52.6 Å². The van der Waals surface area contributed by atoms with E-state index in [9.17, 15) is 9.59 Å². The van der Waals surface area contributed by atoms with Crippen molar-refractivity contribution in [2.75, 3.05) is 0 Å². The fraction of sp³-hybridized carbons (Fsp3) is 0.710. The van der Waals surface area contributed by atoms with Gasteiger partial charge in [-0.1, -0.05) is 123 Å². The van der Waals surface area contributed by atoms with Crippen LogP contribution in [0, 0.1) is 6.92 Å². The lowest BCUT2D eigenvalue weighted by molar-refractivity contribution is -0.137. The van der Waals surface area contributed by atoms with Gasteiger partial charge in [0, 0.05) is 12.8 Å². The molecular weight excluding hydrogens is 436 g/mol. The number of carbonyl (C=O) groups excluding carboxylic acids is 2. The quantitative estimate of drug-likeness (QED) is 0.0930. The average molecular weight is 487 g/mol. The van der Waals surface area contributed by atoms with Crippen molar-refractivity contribution in [3.05, 3.63) is 30.7 Å². The van der Waals surface area contributed by atoms with Crippen molar-refractivity contribution in [1.82, 2.24) is 0 Å². The van der Waals surface area contributed by atoms with Crippen LogP contribution in [0.1, 0.15) is 148 Å². The molecule has 0 aliphatic carbocycles. The zero-order valence-corrected chi connectivity index (χ0v) is 22.6. The van der Waals surface area contributed by atoms with E-state index in [-0.39, 0.29) is 23.4 Å². The molecule has 0 aromatic heterocycles. The van der Waals surface area contributed by atoms with E-state index in [1.54, 1.807) is 18.2 Å². The van der Waals surface area contributed by atoms with E-state index in [1.165, 1.54) is 77.0 Å². The van der Waals surface area contributed by atoms with Gasteiger partial charge in [-0.25, -0.2) is 0 Å². The smallest absolute Gasteiger partial charge is 0.311 e. The standard InChI is InChI=1S/C31H50O4/c1-4-6-8-10-12-14-16-18-20-22-30(32)34-28-25-24-27(3)26-29(28)35-31(33)23-21-19-17-15-13-11-9-7-5-2/h3,24-26H,4-23H2,1-2H3. The fourth-order valence-electron chi connectivity index (χ4n) is 4.20. The lowest BCUT2D eigenvalue weighted by Crippen LogP contribution is -2.12. The van der Waals surface area contributed by atoms with Crippen LogP contribution in [0.3, 0.4) is 0 Å². The largest absolute Gasteiger partial charge is 0.423 e. The second kappa shape index (κ2) is 21.4. The molecule has 2 radical (unpaired) electrons. The van der Waals surface area contributed by atoms with Crippen molar-refractivity contribution in [3.63, 3.8) is 0 Å². The minimum absolute atomic E-state index is 0.228. The molecule has 0 saturated heterocycles. The van der Waals surface area contributed by atoms with Gasteiger partial charge < -0.3 is 9.47 Å². The monoisotopic (exact) mass is 486 g/mol. The van der Waals surface area contributed by atoms with Crippen LogP contribution in [0.5, 0.6) is 11.5 Å². The molecule has 0 unspecified atom stereocenters. The van der Waals surface area contributed by atoms with Gasteiger partial charge in [-0.2, -0.15) is 0 Å². The molecule has 1 aromatic carbocycles. The van der Waals surface area contributed by atoms with Gasteiger partial charge in [-0.05, 0) is 37.5 Å². The zero-order chi connectivity index (χ0) is 25.6. The number of hydrogen-bond donors (Lipinski definition) is 0. The van der Waals surface area contributed by atoms with E-state index in [1.807, 2.05) is 0 Å². The second-order valence-corrected chi connectivity index (χ2v) is 9.81. The minimum Gasteiger partial charge on any atom is -0.423 e. The molecule has 0 amide bonds. The Hall–Kier alpha value is -1.84. The first-order chi connectivity index (χ1) is 17.1. The highest BCUT2D eigenvalue weighted by Crippen LogP contribution is 2.29. The molecule has 198 valence electrons. The second-order valence-electron chi connectivity index (χ2n) is 9.81. The summed E-state index contributed by atoms with van der Waals surface area (Å²) >= 11 is 0. The summed E-state index contributed by atoms with van der Waals surface area (Å²) in [5.41, 5.74) is 0.467. The third-order valence-corrected chi connectivity index (χ3v) is 6.38. The molecule has 0 fully saturated rings. The summed E-state index contributed by atoms with van der Waals surface area (Å²) in [5.74, 6) is -0.115. The molecule has 0 N–H and O–H groups in total. The van der Waals surface area contributed by atoms with Crippen molar-refractivity contribution in [1.29, 1.82) is 0 Å². The molecule has 1 rings (SSSR count). The molecule has 4 nitrogen and oxygen atoms in total. The highest BCUT2D eigenvalue weighted by Gasteiger charge is 2.14. The summed E-state index contributed by atoms with van der Waals surface area (Å²) in [7, 11) is 0. The first kappa shape index (κ1) is 31.2. The zero-order valence-electron chi connectivity index (χ0n) is 22.6. The molecule has 0 aliphatic heterocycles. The molecular formula is C31H50O4. The number of esters is 2. The Bertz CT molecular complexity index is 683. The van der Waals surface area contributed by atoms with Crippen LogP contribution in [0.2, 0.25) is 0 Å². The highest BCUT2D eigenvalue weighted by molar-refractivity contribution is 5.76. The van der Waals surface area contributed by atoms with Gasteiger partial charge in [0.25, 0.3) is 0 Å². The third-order valence-electron chi connectivity index (χ3n) is 6.38. The fourth-order valence-corrected chi connectivity index (χ4v) is 4.20. The van der Waals surface area contributed by atoms with Crippen LogP contribution < -0.4 is 9.47 Å². The molecule has 0 bridgehead atoms. The van der Waals surface area contributed by atoms with Gasteiger partial charge in [-0.15, -0.1) is 0 Å². The lowest BCUT2D eigenvalue weighted by atomic mass is 10.1. The van der Waals surface area contributed by atoms with Crippen LogP contribution >= 0.6 is 0 Å². The maximum atomic E-state index is 12.3. The molecule has 0 spiro atoms. The van der Waals surface area contributed by atoms with E-state index in [4.69, 9.17) is 16.4 Å². The van der Waals surface area contributed by atoms with Crippen molar-refractivity contribution in [2.24, 2.45) is 0 Å². The Balaban J connectivity index is 2.26. The SMILES string of the molecule is [CH]c1ccc(OC(=O)CCCCCCCCCCC)c(OC(=O)CCCCCCCCCCC)c1. The predicted octanol–water partition coefficient (Wildman–Crippen LogP) is 9.40. The van der Waals surface area contributed by atoms with Crippen LogP contribution in [-0.4, -0.2) is 11.9 Å². The first-order valence-electron chi connectivity index (χ1n) is 14.4. The maximum absolute atomic E-state index is 12.3. The molecule has 0 atom stereocenters. The summed E-state index contributed by atoms with van der Waals surface area (Å²) in [6, 6.07) is 4.80. The van der Waals surface area contributed by atoms with E-state index >= 15 is 0 Å². The van der Waals surface area contributed by atoms with Gasteiger partial charge in [0.1, 0.15) is 0 Å². The van der Waals surface area contributed by atoms with E-state index in [0.29, 0.717) is 18.4 Å². The third kappa shape index (κ3) is 17.3. The van der Waals surface area contributed by atoms with E-state index in [2.05, 4.69) is 13.8 Å². The van der Waals surface area contributed by atoms with Gasteiger partial charge in [0.15, 0.2) is 11.5 Å². The minimum atomic E-state index is -0.310. The van der Waals surface area contributed by atoms with Crippen LogP contribution in [0.15, 0.2) is 18.2 Å². The van der Waals surface area contributed by atoms with E-state index in [0.717, 1.165) is 38.5 Å². The summed E-state index contributed by atoms with van der Waals surface area (Å²) in [6.07, 6.45) is 22.2. The van der Waals surface area contributed by atoms with Crippen LogP contribution in [0.4, 0.5) is 0 Å². The highest BCUT2D eigenvalue weighted by atomic mass is 16.6. The van der Waals surface area contributed by atoms with Gasteiger partial charge in [0.2, 0.25) is 0 Å². The predicted molar refractivity (Wildman–Crippen MR) is 145 cm³/mol. The summed E-state index contributed by atoms with van der Waals surface area (Å²) in [5, 5.41) is 0. The Morgan fingerprint density at radius 1 is 0.571 bits per heavy atom. The first-order valence-corrected chi connectivity index (χ1v) is 14.4. The number of rotatable bonds is 22. The number of carbonyl (C=O) groups is 2. The number of ether oxygens (including phenoxy) is 2. The van der Waals surface area contributed by atoms with Crippen molar-refractivity contribution >= 4 is 11.9 Å². The number of unbranched alkanes of at least 4 members (excludes halogenated alkanes) is 16. The number of hydrogen-bond acceptors (Lipinski definition) is 4. The summed E-state index contributed by atoms with van der Waals surface area (Å²) < 4.78 is 11.0. The van der Waals surface area contributed by atoms with E-state index < -0.39 is 0 Å². The Morgan fingerprint density at radius 3 is 1.37 bits per heavy atom. The Morgan fingerprint density at radius 2 is 0.943 bits per heavy atom. The molecule has 35 heavy (non-hydrogen) atoms. The van der Waals surface area contributed by atoms with Crippen molar-refractivity contribution in [3.8, 4) is 11.5 Å². The molecule has 1 aromatic rings. The molecule has 0 aliphatic rings. The molecule has 0 heterocycles. The normalized spacial score (nSPS) is 10.9. The van der Waals surface area contributed by atoms with Gasteiger partial charge in [0.05, 0.1) is 0 Å². The Labute approximate surface area is 215 Å². The van der Waals surface area contributed by atoms with Crippen molar-refractivity contribution < 1.29 is 19.1 Å².